The Morgan fingerprint density at radius 2 is 2.17 bits per heavy atom. The molecule has 18 heavy (non-hydrogen) atoms. The highest BCUT2D eigenvalue weighted by Gasteiger charge is 2.35. The molecule has 1 N–H and O–H groups in total. The summed E-state index contributed by atoms with van der Waals surface area (Å²) in [6.07, 6.45) is 4.67. The predicted molar refractivity (Wildman–Crippen MR) is 71.0 cm³/mol. The molecule has 1 aromatic rings. The lowest BCUT2D eigenvalue weighted by Gasteiger charge is -2.41. The number of halogens is 2. The Morgan fingerprint density at radius 1 is 1.44 bits per heavy atom. The van der Waals surface area contributed by atoms with Crippen molar-refractivity contribution < 1.29 is 4.79 Å². The molecule has 0 aliphatic heterocycles. The Balaban J connectivity index is 2.01. The van der Waals surface area contributed by atoms with Crippen molar-refractivity contribution in [3.05, 3.63) is 21.9 Å². The van der Waals surface area contributed by atoms with Gasteiger partial charge in [0.25, 0.3) is 5.91 Å². The Hall–Kier alpha value is -0.870. The zero-order valence-electron chi connectivity index (χ0n) is 10.2. The summed E-state index contributed by atoms with van der Waals surface area (Å²) in [4.78, 5) is 12.0. The Bertz CT molecular complexity index is 455. The van der Waals surface area contributed by atoms with E-state index in [1.165, 1.54) is 25.3 Å². The summed E-state index contributed by atoms with van der Waals surface area (Å²) < 4.78 is 0. The van der Waals surface area contributed by atoms with E-state index in [4.69, 9.17) is 23.2 Å². The summed E-state index contributed by atoms with van der Waals surface area (Å²) >= 11 is 11.5. The average molecular weight is 288 g/mol. The predicted octanol–water partition coefficient (Wildman–Crippen LogP) is 3.09. The van der Waals surface area contributed by atoms with Gasteiger partial charge in [-0.3, -0.25) is 4.79 Å². The minimum atomic E-state index is -0.239. The molecule has 0 saturated heterocycles. The van der Waals surface area contributed by atoms with Crippen molar-refractivity contribution in [3.8, 4) is 0 Å². The largest absolute Gasteiger partial charge is 0.351 e. The summed E-state index contributed by atoms with van der Waals surface area (Å²) in [5.74, 6) is -0.239. The Kier molecular flexibility index (Phi) is 4.07. The fourth-order valence-electron chi connectivity index (χ4n) is 2.21. The van der Waals surface area contributed by atoms with Gasteiger partial charge in [-0.05, 0) is 30.7 Å². The summed E-state index contributed by atoms with van der Waals surface area (Å²) in [5.41, 5.74) is 0.550. The zero-order valence-corrected chi connectivity index (χ0v) is 11.7. The van der Waals surface area contributed by atoms with E-state index in [9.17, 15) is 4.79 Å². The molecule has 0 unspecified atom stereocenters. The number of aromatic nitrogens is 2. The molecule has 1 fully saturated rings. The fourth-order valence-corrected chi connectivity index (χ4v) is 2.53. The van der Waals surface area contributed by atoms with Gasteiger partial charge in [0, 0.05) is 6.54 Å². The molecule has 1 heterocycles. The van der Waals surface area contributed by atoms with Gasteiger partial charge in [-0.15, -0.1) is 10.2 Å². The van der Waals surface area contributed by atoms with E-state index in [1.54, 1.807) is 0 Å². The number of nitrogens with one attached hydrogen (secondary N) is 1. The molecule has 98 valence electrons. The number of carbonyl (C=O) groups is 1. The molecular formula is C12H15Cl2N3O. The normalized spacial score (nSPS) is 17.1. The van der Waals surface area contributed by atoms with E-state index in [1.807, 2.05) is 0 Å². The summed E-state index contributed by atoms with van der Waals surface area (Å²) in [6.45, 7) is 2.84. The van der Waals surface area contributed by atoms with Gasteiger partial charge in [0.15, 0.2) is 10.3 Å². The van der Waals surface area contributed by atoms with E-state index in [0.29, 0.717) is 6.54 Å². The van der Waals surface area contributed by atoms with Crippen molar-refractivity contribution in [2.24, 2.45) is 5.41 Å². The van der Waals surface area contributed by atoms with Gasteiger partial charge < -0.3 is 5.32 Å². The van der Waals surface area contributed by atoms with Crippen molar-refractivity contribution in [1.82, 2.24) is 15.5 Å². The molecule has 1 saturated carbocycles. The van der Waals surface area contributed by atoms with Gasteiger partial charge in [0.2, 0.25) is 0 Å². The third-order valence-corrected chi connectivity index (χ3v) is 4.22. The van der Waals surface area contributed by atoms with Crippen molar-refractivity contribution in [3.63, 3.8) is 0 Å². The quantitative estimate of drug-likeness (QED) is 0.926. The standard InChI is InChI=1S/C12H15Cl2N3O/c1-2-12(4-3-5-12)7-15-11(18)8-6-9(13)16-17-10(8)14/h6H,2-5,7H2,1H3,(H,15,18). The first-order valence-corrected chi connectivity index (χ1v) is 6.79. The van der Waals surface area contributed by atoms with E-state index >= 15 is 0 Å². The molecule has 1 aliphatic carbocycles. The maximum atomic E-state index is 12.0. The molecule has 0 bridgehead atoms. The molecule has 1 amide bonds. The first-order valence-electron chi connectivity index (χ1n) is 6.03. The van der Waals surface area contributed by atoms with E-state index < -0.39 is 0 Å². The van der Waals surface area contributed by atoms with Gasteiger partial charge in [-0.1, -0.05) is 36.5 Å². The van der Waals surface area contributed by atoms with Crippen LogP contribution in [0.2, 0.25) is 10.3 Å². The van der Waals surface area contributed by atoms with Crippen LogP contribution in [0.4, 0.5) is 0 Å². The van der Waals surface area contributed by atoms with Crippen LogP contribution in [0.5, 0.6) is 0 Å². The highest BCUT2D eigenvalue weighted by atomic mass is 35.5. The van der Waals surface area contributed by atoms with Crippen LogP contribution in [0.3, 0.4) is 0 Å². The third kappa shape index (κ3) is 2.75. The van der Waals surface area contributed by atoms with Crippen molar-refractivity contribution in [2.75, 3.05) is 6.54 Å². The first-order chi connectivity index (χ1) is 8.56. The Morgan fingerprint density at radius 3 is 2.72 bits per heavy atom. The van der Waals surface area contributed by atoms with E-state index in [0.717, 1.165) is 6.42 Å². The first kappa shape index (κ1) is 13.6. The van der Waals surface area contributed by atoms with Crippen LogP contribution in [-0.4, -0.2) is 22.6 Å². The zero-order chi connectivity index (χ0) is 13.2. The molecule has 6 heteroatoms. The lowest BCUT2D eigenvalue weighted by molar-refractivity contribution is 0.0849. The molecule has 0 aromatic carbocycles. The van der Waals surface area contributed by atoms with Gasteiger partial charge in [0.05, 0.1) is 5.56 Å². The molecule has 0 atom stereocenters. The second kappa shape index (κ2) is 5.41. The second-order valence-corrected chi connectivity index (χ2v) is 5.51. The number of rotatable bonds is 4. The summed E-state index contributed by atoms with van der Waals surface area (Å²) in [6, 6.07) is 1.44. The topological polar surface area (TPSA) is 54.9 Å². The van der Waals surface area contributed by atoms with Crippen molar-refractivity contribution in [1.29, 1.82) is 0 Å². The summed E-state index contributed by atoms with van der Waals surface area (Å²) in [7, 11) is 0. The van der Waals surface area contributed by atoms with Crippen LogP contribution >= 0.6 is 23.2 Å². The second-order valence-electron chi connectivity index (χ2n) is 4.76. The number of hydrogen-bond acceptors (Lipinski definition) is 3. The van der Waals surface area contributed by atoms with Crippen LogP contribution < -0.4 is 5.32 Å². The smallest absolute Gasteiger partial charge is 0.254 e. The van der Waals surface area contributed by atoms with Gasteiger partial charge >= 0.3 is 0 Å². The number of carbonyl (C=O) groups excluding carboxylic acids is 1. The van der Waals surface area contributed by atoms with Crippen molar-refractivity contribution >= 4 is 29.1 Å². The molecule has 1 aliphatic rings. The molecule has 2 rings (SSSR count). The van der Waals surface area contributed by atoms with Crippen molar-refractivity contribution in [2.45, 2.75) is 32.6 Å². The average Bonchev–Trinajstić information content (AvgIpc) is 2.31. The monoisotopic (exact) mass is 287 g/mol. The number of amides is 1. The minimum Gasteiger partial charge on any atom is -0.351 e. The molecule has 4 nitrogen and oxygen atoms in total. The van der Waals surface area contributed by atoms with Gasteiger partial charge in [-0.25, -0.2) is 0 Å². The molecule has 0 radical (unpaired) electrons. The van der Waals surface area contributed by atoms with Crippen LogP contribution in [0.15, 0.2) is 6.07 Å². The summed E-state index contributed by atoms with van der Waals surface area (Å²) in [5, 5.41) is 10.4. The lowest BCUT2D eigenvalue weighted by atomic mass is 9.67. The number of nitrogens with zero attached hydrogens (tertiary/aromatic N) is 2. The molecule has 1 aromatic heterocycles. The van der Waals surface area contributed by atoms with Crippen LogP contribution in [0, 0.1) is 5.41 Å². The maximum Gasteiger partial charge on any atom is 0.254 e. The SMILES string of the molecule is CCC1(CNC(=O)c2cc(Cl)nnc2Cl)CCC1. The molecule has 0 spiro atoms. The highest BCUT2D eigenvalue weighted by Crippen LogP contribution is 2.43. The van der Waals surface area contributed by atoms with Crippen LogP contribution in [-0.2, 0) is 0 Å². The van der Waals surface area contributed by atoms with Gasteiger partial charge in [-0.2, -0.15) is 0 Å². The fraction of sp³-hybridized carbons (Fsp3) is 0.583. The van der Waals surface area contributed by atoms with Crippen LogP contribution in [0.1, 0.15) is 43.0 Å². The van der Waals surface area contributed by atoms with E-state index in [-0.39, 0.29) is 27.2 Å². The lowest BCUT2D eigenvalue weighted by Crippen LogP contribution is -2.41. The van der Waals surface area contributed by atoms with Gasteiger partial charge in [0.1, 0.15) is 0 Å². The van der Waals surface area contributed by atoms with E-state index in [2.05, 4.69) is 22.4 Å². The maximum absolute atomic E-state index is 12.0. The Labute approximate surface area is 116 Å². The third-order valence-electron chi connectivity index (χ3n) is 3.75. The highest BCUT2D eigenvalue weighted by molar-refractivity contribution is 6.34. The molecular weight excluding hydrogens is 273 g/mol. The minimum absolute atomic E-state index is 0.0797. The van der Waals surface area contributed by atoms with Crippen LogP contribution in [0.25, 0.3) is 0 Å². The number of hydrogen-bond donors (Lipinski definition) is 1.